The molecule has 1 amide bonds. The van der Waals surface area contributed by atoms with Gasteiger partial charge in [-0.3, -0.25) is 9.48 Å². The van der Waals surface area contributed by atoms with Crippen molar-refractivity contribution in [3.63, 3.8) is 0 Å². The van der Waals surface area contributed by atoms with Crippen LogP contribution in [0.1, 0.15) is 38.7 Å². The maximum atomic E-state index is 12.4. The lowest BCUT2D eigenvalue weighted by Gasteiger charge is -2.07. The first-order chi connectivity index (χ1) is 11.9. The summed E-state index contributed by atoms with van der Waals surface area (Å²) in [5, 5.41) is 7.38. The Bertz CT molecular complexity index is 958. The van der Waals surface area contributed by atoms with E-state index in [-0.39, 0.29) is 5.91 Å². The summed E-state index contributed by atoms with van der Waals surface area (Å²) in [6, 6.07) is 5.44. The van der Waals surface area contributed by atoms with E-state index in [0.29, 0.717) is 12.1 Å². The predicted molar refractivity (Wildman–Crippen MR) is 97.7 cm³/mol. The van der Waals surface area contributed by atoms with Crippen LogP contribution in [0.15, 0.2) is 18.2 Å². The molecular weight excluding hydrogens is 314 g/mol. The molecule has 0 fully saturated rings. The van der Waals surface area contributed by atoms with Crippen LogP contribution in [-0.2, 0) is 13.5 Å². The molecule has 3 aromatic rings. The molecule has 2 aromatic heterocycles. The number of benzene rings is 1. The minimum atomic E-state index is -0.0962. The number of aryl methyl sites for hydroxylation is 4. The maximum Gasteiger partial charge on any atom is 0.251 e. The van der Waals surface area contributed by atoms with Crippen molar-refractivity contribution in [1.82, 2.24) is 25.1 Å². The number of carbonyl (C=O) groups excluding carboxylic acids is 1. The summed E-state index contributed by atoms with van der Waals surface area (Å²) in [4.78, 5) is 21.4. The molecule has 0 saturated heterocycles. The molecule has 0 atom stereocenters. The number of amides is 1. The highest BCUT2D eigenvalue weighted by Gasteiger charge is 2.11. The van der Waals surface area contributed by atoms with Crippen molar-refractivity contribution in [3.8, 4) is 0 Å². The van der Waals surface area contributed by atoms with E-state index in [1.54, 1.807) is 12.1 Å². The summed E-state index contributed by atoms with van der Waals surface area (Å²) < 4.78 is 1.87. The fourth-order valence-corrected chi connectivity index (χ4v) is 2.95. The first-order valence-electron chi connectivity index (χ1n) is 8.39. The number of hydrogen-bond donors (Lipinski definition) is 1. The van der Waals surface area contributed by atoms with Crippen LogP contribution in [0, 0.1) is 27.7 Å². The van der Waals surface area contributed by atoms with E-state index in [0.717, 1.165) is 40.2 Å². The van der Waals surface area contributed by atoms with E-state index in [1.165, 1.54) is 5.56 Å². The number of aromatic nitrogens is 4. The van der Waals surface area contributed by atoms with Gasteiger partial charge in [0.05, 0.1) is 28.1 Å². The molecule has 3 rings (SSSR count). The highest BCUT2D eigenvalue weighted by Crippen LogP contribution is 2.15. The Morgan fingerprint density at radius 2 is 1.72 bits per heavy atom. The van der Waals surface area contributed by atoms with Crippen LogP contribution in [-0.4, -0.2) is 32.2 Å². The molecule has 0 aliphatic rings. The standard InChI is InChI=1S/C19H23N5O/c1-11-12(2)22-18-10-15(6-7-17(18)21-11)19(25)20-9-8-16-13(3)23-24(5)14(16)4/h6-7,10H,8-9H2,1-5H3,(H,20,25). The van der Waals surface area contributed by atoms with E-state index in [9.17, 15) is 4.79 Å². The Morgan fingerprint density at radius 1 is 1.04 bits per heavy atom. The highest BCUT2D eigenvalue weighted by molar-refractivity contribution is 5.97. The molecule has 6 nitrogen and oxygen atoms in total. The van der Waals surface area contributed by atoms with Gasteiger partial charge in [-0.1, -0.05) is 0 Å². The average molecular weight is 337 g/mol. The fraction of sp³-hybridized carbons (Fsp3) is 0.368. The maximum absolute atomic E-state index is 12.4. The third kappa shape index (κ3) is 3.38. The largest absolute Gasteiger partial charge is 0.352 e. The lowest BCUT2D eigenvalue weighted by Crippen LogP contribution is -2.26. The number of fused-ring (bicyclic) bond motifs is 1. The molecule has 1 aromatic carbocycles. The van der Waals surface area contributed by atoms with Crippen molar-refractivity contribution in [3.05, 3.63) is 52.1 Å². The third-order valence-electron chi connectivity index (χ3n) is 4.66. The van der Waals surface area contributed by atoms with Gasteiger partial charge in [0.25, 0.3) is 5.91 Å². The number of nitrogens with zero attached hydrogens (tertiary/aromatic N) is 4. The van der Waals surface area contributed by atoms with Gasteiger partial charge in [-0.05, 0) is 57.9 Å². The highest BCUT2D eigenvalue weighted by atomic mass is 16.1. The quantitative estimate of drug-likeness (QED) is 0.794. The monoisotopic (exact) mass is 337 g/mol. The lowest BCUT2D eigenvalue weighted by molar-refractivity contribution is 0.0954. The molecule has 1 N–H and O–H groups in total. The zero-order valence-electron chi connectivity index (χ0n) is 15.3. The van der Waals surface area contributed by atoms with Crippen LogP contribution in [0.25, 0.3) is 11.0 Å². The van der Waals surface area contributed by atoms with Gasteiger partial charge in [0.2, 0.25) is 0 Å². The van der Waals surface area contributed by atoms with Crippen molar-refractivity contribution in [2.75, 3.05) is 6.54 Å². The van der Waals surface area contributed by atoms with E-state index in [2.05, 4.69) is 20.4 Å². The minimum Gasteiger partial charge on any atom is -0.352 e. The molecular formula is C19H23N5O. The van der Waals surface area contributed by atoms with Gasteiger partial charge in [-0.2, -0.15) is 5.10 Å². The normalized spacial score (nSPS) is 11.1. The second-order valence-electron chi connectivity index (χ2n) is 6.38. The van der Waals surface area contributed by atoms with Crippen LogP contribution in [0.2, 0.25) is 0 Å². The van der Waals surface area contributed by atoms with E-state index in [1.807, 2.05) is 45.5 Å². The predicted octanol–water partition coefficient (Wildman–Crippen LogP) is 2.57. The van der Waals surface area contributed by atoms with Gasteiger partial charge in [0.1, 0.15) is 0 Å². The SMILES string of the molecule is Cc1nc2ccc(C(=O)NCCc3c(C)nn(C)c3C)cc2nc1C. The summed E-state index contributed by atoms with van der Waals surface area (Å²) in [5.74, 6) is -0.0962. The Hall–Kier alpha value is -2.76. The van der Waals surface area contributed by atoms with Gasteiger partial charge in [-0.25, -0.2) is 9.97 Å². The summed E-state index contributed by atoms with van der Waals surface area (Å²) in [6.45, 7) is 8.47. The lowest BCUT2D eigenvalue weighted by atomic mass is 10.1. The van der Waals surface area contributed by atoms with E-state index < -0.39 is 0 Å². The Kier molecular flexibility index (Phi) is 4.53. The van der Waals surface area contributed by atoms with Crippen molar-refractivity contribution in [2.24, 2.45) is 7.05 Å². The number of nitrogens with one attached hydrogen (secondary N) is 1. The van der Waals surface area contributed by atoms with Crippen LogP contribution in [0.4, 0.5) is 0 Å². The van der Waals surface area contributed by atoms with Gasteiger partial charge in [0.15, 0.2) is 0 Å². The Balaban J connectivity index is 1.71. The van der Waals surface area contributed by atoms with Gasteiger partial charge < -0.3 is 5.32 Å². The zero-order valence-corrected chi connectivity index (χ0v) is 15.3. The smallest absolute Gasteiger partial charge is 0.251 e. The van der Waals surface area contributed by atoms with E-state index in [4.69, 9.17) is 0 Å². The molecule has 130 valence electrons. The zero-order chi connectivity index (χ0) is 18.1. The van der Waals surface area contributed by atoms with Gasteiger partial charge >= 0.3 is 0 Å². The summed E-state index contributed by atoms with van der Waals surface area (Å²) in [5.41, 5.74) is 7.29. The second kappa shape index (κ2) is 6.63. The van der Waals surface area contributed by atoms with Crippen LogP contribution < -0.4 is 5.32 Å². The molecule has 2 heterocycles. The van der Waals surface area contributed by atoms with Crippen LogP contribution in [0.3, 0.4) is 0 Å². The van der Waals surface area contributed by atoms with Gasteiger partial charge in [0, 0.05) is 24.8 Å². The second-order valence-corrected chi connectivity index (χ2v) is 6.38. The van der Waals surface area contributed by atoms with Gasteiger partial charge in [-0.15, -0.1) is 0 Å². The van der Waals surface area contributed by atoms with Crippen LogP contribution in [0.5, 0.6) is 0 Å². The number of carbonyl (C=O) groups is 1. The third-order valence-corrected chi connectivity index (χ3v) is 4.66. The first kappa shape index (κ1) is 17.1. The van der Waals surface area contributed by atoms with E-state index >= 15 is 0 Å². The molecule has 0 unspecified atom stereocenters. The molecule has 25 heavy (non-hydrogen) atoms. The molecule has 0 aliphatic carbocycles. The summed E-state index contributed by atoms with van der Waals surface area (Å²) in [6.07, 6.45) is 0.767. The van der Waals surface area contributed by atoms with Crippen molar-refractivity contribution < 1.29 is 4.79 Å². The molecule has 0 saturated carbocycles. The Labute approximate surface area is 147 Å². The van der Waals surface area contributed by atoms with Crippen molar-refractivity contribution in [1.29, 1.82) is 0 Å². The first-order valence-corrected chi connectivity index (χ1v) is 8.39. The van der Waals surface area contributed by atoms with Crippen LogP contribution >= 0.6 is 0 Å². The fourth-order valence-electron chi connectivity index (χ4n) is 2.95. The van der Waals surface area contributed by atoms with Crippen molar-refractivity contribution in [2.45, 2.75) is 34.1 Å². The average Bonchev–Trinajstić information content (AvgIpc) is 2.81. The number of rotatable bonds is 4. The summed E-state index contributed by atoms with van der Waals surface area (Å²) in [7, 11) is 1.93. The number of hydrogen-bond acceptors (Lipinski definition) is 4. The molecule has 0 spiro atoms. The molecule has 0 bridgehead atoms. The molecule has 0 radical (unpaired) electrons. The summed E-state index contributed by atoms with van der Waals surface area (Å²) >= 11 is 0. The van der Waals surface area contributed by atoms with Crippen molar-refractivity contribution >= 4 is 16.9 Å². The topological polar surface area (TPSA) is 72.7 Å². The minimum absolute atomic E-state index is 0.0962. The molecule has 6 heteroatoms. The Morgan fingerprint density at radius 3 is 2.36 bits per heavy atom. The molecule has 0 aliphatic heterocycles.